The molecule has 0 saturated heterocycles. The monoisotopic (exact) mass is 255 g/mol. The Morgan fingerprint density at radius 2 is 2.00 bits per heavy atom. The SMILES string of the molecule is O=Cc1ncccc1OS(=O)(=O)C(F)(F)F. The Kier molecular flexibility index (Phi) is 3.17. The summed E-state index contributed by atoms with van der Waals surface area (Å²) in [6.45, 7) is 0. The van der Waals surface area contributed by atoms with Crippen molar-refractivity contribution in [3.05, 3.63) is 24.0 Å². The van der Waals surface area contributed by atoms with Gasteiger partial charge in [-0.15, -0.1) is 0 Å². The van der Waals surface area contributed by atoms with Crippen molar-refractivity contribution in [3.8, 4) is 5.75 Å². The number of carbonyl (C=O) groups excluding carboxylic acids is 1. The van der Waals surface area contributed by atoms with Crippen molar-refractivity contribution in [3.63, 3.8) is 0 Å². The molecule has 1 heterocycles. The topological polar surface area (TPSA) is 73.3 Å². The van der Waals surface area contributed by atoms with E-state index < -0.39 is 27.1 Å². The first-order valence-electron chi connectivity index (χ1n) is 3.69. The molecule has 5 nitrogen and oxygen atoms in total. The molecule has 0 aliphatic rings. The quantitative estimate of drug-likeness (QED) is 0.459. The van der Waals surface area contributed by atoms with Gasteiger partial charge >= 0.3 is 15.6 Å². The van der Waals surface area contributed by atoms with Gasteiger partial charge in [0.25, 0.3) is 0 Å². The number of carbonyl (C=O) groups is 1. The second kappa shape index (κ2) is 4.08. The molecule has 16 heavy (non-hydrogen) atoms. The summed E-state index contributed by atoms with van der Waals surface area (Å²) in [6, 6.07) is 2.02. The molecule has 0 atom stereocenters. The van der Waals surface area contributed by atoms with Crippen LogP contribution in [0.5, 0.6) is 5.75 Å². The highest BCUT2D eigenvalue weighted by Crippen LogP contribution is 2.27. The first kappa shape index (κ1) is 12.4. The fourth-order valence-corrected chi connectivity index (χ4v) is 1.20. The molecule has 1 rings (SSSR count). The Balaban J connectivity index is 3.11. The molecule has 0 spiro atoms. The molecule has 0 N–H and O–H groups in total. The lowest BCUT2D eigenvalue weighted by atomic mass is 10.3. The molecule has 0 aliphatic carbocycles. The summed E-state index contributed by atoms with van der Waals surface area (Å²) in [5.41, 5.74) is -6.08. The van der Waals surface area contributed by atoms with Crippen LogP contribution >= 0.6 is 0 Å². The number of pyridine rings is 1. The van der Waals surface area contributed by atoms with Gasteiger partial charge in [-0.05, 0) is 12.1 Å². The Hall–Kier alpha value is -1.64. The average molecular weight is 255 g/mol. The highest BCUT2D eigenvalue weighted by molar-refractivity contribution is 7.88. The number of hydrogen-bond donors (Lipinski definition) is 0. The van der Waals surface area contributed by atoms with Crippen molar-refractivity contribution in [2.24, 2.45) is 0 Å². The zero-order valence-electron chi connectivity index (χ0n) is 7.43. The number of hydrogen-bond acceptors (Lipinski definition) is 5. The molecule has 0 aliphatic heterocycles. The fraction of sp³-hybridized carbons (Fsp3) is 0.143. The van der Waals surface area contributed by atoms with E-state index in [4.69, 9.17) is 0 Å². The van der Waals surface area contributed by atoms with Gasteiger partial charge in [0, 0.05) is 6.20 Å². The predicted octanol–water partition coefficient (Wildman–Crippen LogP) is 1.12. The highest BCUT2D eigenvalue weighted by Gasteiger charge is 2.48. The van der Waals surface area contributed by atoms with E-state index >= 15 is 0 Å². The summed E-state index contributed by atoms with van der Waals surface area (Å²) in [7, 11) is -5.78. The molecule has 0 saturated carbocycles. The van der Waals surface area contributed by atoms with Crippen LogP contribution in [0, 0.1) is 0 Å². The first-order chi connectivity index (χ1) is 7.28. The second-order valence-corrected chi connectivity index (χ2v) is 4.03. The lowest BCUT2D eigenvalue weighted by Gasteiger charge is -2.09. The average Bonchev–Trinajstić information content (AvgIpc) is 2.16. The summed E-state index contributed by atoms with van der Waals surface area (Å²) in [6.07, 6.45) is 1.19. The molecule has 0 radical (unpaired) electrons. The van der Waals surface area contributed by atoms with Crippen molar-refractivity contribution < 1.29 is 30.6 Å². The van der Waals surface area contributed by atoms with Crippen LogP contribution < -0.4 is 4.18 Å². The minimum atomic E-state index is -5.78. The molecule has 0 fully saturated rings. The van der Waals surface area contributed by atoms with Crippen LogP contribution in [0.2, 0.25) is 0 Å². The number of rotatable bonds is 3. The first-order valence-corrected chi connectivity index (χ1v) is 5.09. The summed E-state index contributed by atoms with van der Waals surface area (Å²) in [5, 5.41) is 0. The van der Waals surface area contributed by atoms with Gasteiger partial charge in [-0.1, -0.05) is 0 Å². The second-order valence-electron chi connectivity index (χ2n) is 2.49. The van der Waals surface area contributed by atoms with Crippen LogP contribution in [0.15, 0.2) is 18.3 Å². The Bertz CT molecular complexity index is 497. The van der Waals surface area contributed by atoms with Gasteiger partial charge in [-0.2, -0.15) is 21.6 Å². The van der Waals surface area contributed by atoms with Crippen molar-refractivity contribution in [2.75, 3.05) is 0 Å². The molecular weight excluding hydrogens is 251 g/mol. The Labute approximate surface area is 88.0 Å². The maximum Gasteiger partial charge on any atom is 0.534 e. The predicted molar refractivity (Wildman–Crippen MR) is 45.2 cm³/mol. The molecule has 1 aromatic heterocycles. The van der Waals surface area contributed by atoms with Crippen LogP contribution in [0.3, 0.4) is 0 Å². The maximum atomic E-state index is 11.9. The van der Waals surface area contributed by atoms with E-state index in [2.05, 4.69) is 9.17 Å². The van der Waals surface area contributed by atoms with E-state index in [0.717, 1.165) is 18.3 Å². The van der Waals surface area contributed by atoms with Gasteiger partial charge < -0.3 is 4.18 Å². The van der Waals surface area contributed by atoms with Gasteiger partial charge in [0.05, 0.1) is 0 Å². The fourth-order valence-electron chi connectivity index (χ4n) is 0.727. The Morgan fingerprint density at radius 3 is 2.50 bits per heavy atom. The number of alkyl halides is 3. The third kappa shape index (κ3) is 2.48. The zero-order valence-corrected chi connectivity index (χ0v) is 8.25. The van der Waals surface area contributed by atoms with Crippen molar-refractivity contribution in [2.45, 2.75) is 5.51 Å². The normalized spacial score (nSPS) is 12.2. The van der Waals surface area contributed by atoms with Crippen LogP contribution in [0.4, 0.5) is 13.2 Å². The van der Waals surface area contributed by atoms with E-state index in [1.165, 1.54) is 0 Å². The number of halogens is 3. The molecule has 0 amide bonds. The highest BCUT2D eigenvalue weighted by atomic mass is 32.2. The lowest BCUT2D eigenvalue weighted by molar-refractivity contribution is -0.0500. The third-order valence-electron chi connectivity index (χ3n) is 1.39. The Morgan fingerprint density at radius 1 is 1.38 bits per heavy atom. The largest absolute Gasteiger partial charge is 0.534 e. The van der Waals surface area contributed by atoms with Crippen LogP contribution in [0.1, 0.15) is 10.5 Å². The zero-order chi connectivity index (χ0) is 12.4. The molecule has 0 aromatic carbocycles. The van der Waals surface area contributed by atoms with Gasteiger partial charge in [-0.25, -0.2) is 4.98 Å². The van der Waals surface area contributed by atoms with E-state index in [1.54, 1.807) is 0 Å². The van der Waals surface area contributed by atoms with E-state index in [1.807, 2.05) is 0 Å². The lowest BCUT2D eigenvalue weighted by Crippen LogP contribution is -2.28. The van der Waals surface area contributed by atoms with Crippen LogP contribution in [-0.2, 0) is 10.1 Å². The van der Waals surface area contributed by atoms with Gasteiger partial charge in [-0.3, -0.25) is 4.79 Å². The maximum absolute atomic E-state index is 11.9. The molecule has 1 aromatic rings. The summed E-state index contributed by atoms with van der Waals surface area (Å²) in [4.78, 5) is 13.7. The molecular formula is C7H4F3NO4S. The molecule has 88 valence electrons. The molecule has 0 bridgehead atoms. The van der Waals surface area contributed by atoms with Gasteiger partial charge in [0.2, 0.25) is 0 Å². The molecule has 0 unspecified atom stereocenters. The van der Waals surface area contributed by atoms with Crippen molar-refractivity contribution >= 4 is 16.4 Å². The summed E-state index contributed by atoms with van der Waals surface area (Å²) in [5.74, 6) is -0.769. The van der Waals surface area contributed by atoms with E-state index in [9.17, 15) is 26.4 Å². The smallest absolute Gasteiger partial charge is 0.374 e. The minimum absolute atomic E-state index is 0.0846. The number of aromatic nitrogens is 1. The van der Waals surface area contributed by atoms with E-state index in [0.29, 0.717) is 0 Å². The van der Waals surface area contributed by atoms with Gasteiger partial charge in [0.1, 0.15) is 5.69 Å². The standard InChI is InChI=1S/C7H4F3NO4S/c8-7(9,10)16(13,14)15-6-2-1-3-11-5(6)4-12/h1-4H. The van der Waals surface area contributed by atoms with Gasteiger partial charge in [0.15, 0.2) is 12.0 Å². The third-order valence-corrected chi connectivity index (χ3v) is 2.36. The van der Waals surface area contributed by atoms with Crippen LogP contribution in [-0.4, -0.2) is 25.2 Å². The number of nitrogens with zero attached hydrogens (tertiary/aromatic N) is 1. The minimum Gasteiger partial charge on any atom is -0.374 e. The van der Waals surface area contributed by atoms with Crippen molar-refractivity contribution in [1.29, 1.82) is 0 Å². The molecule has 9 heteroatoms. The van der Waals surface area contributed by atoms with E-state index in [-0.39, 0.29) is 6.29 Å². The van der Waals surface area contributed by atoms with Crippen molar-refractivity contribution in [1.82, 2.24) is 4.98 Å². The summed E-state index contributed by atoms with van der Waals surface area (Å²) < 4.78 is 60.7. The summed E-state index contributed by atoms with van der Waals surface area (Å²) >= 11 is 0. The van der Waals surface area contributed by atoms with Crippen LogP contribution in [0.25, 0.3) is 0 Å². The number of aldehydes is 1.